The van der Waals surface area contributed by atoms with Crippen molar-refractivity contribution in [2.24, 2.45) is 0 Å². The Hall–Kier alpha value is -1.36. The first kappa shape index (κ1) is 11.7. The van der Waals surface area contributed by atoms with Crippen molar-refractivity contribution in [3.8, 4) is 5.75 Å². The summed E-state index contributed by atoms with van der Waals surface area (Å²) in [4.78, 5) is 6.79. The largest absolute Gasteiger partial charge is 0.497 e. The standard InChI is InChI=1S/C13H15FN2OS/c1-17-10-2-3-12-11(8-10)15-13(18-12)16-6-4-9(14)5-7-16/h2-3,8-9H,4-7H2,1H3. The second-order valence-electron chi connectivity index (χ2n) is 4.49. The summed E-state index contributed by atoms with van der Waals surface area (Å²) in [5.74, 6) is 0.821. The fourth-order valence-corrected chi connectivity index (χ4v) is 3.19. The van der Waals surface area contributed by atoms with E-state index < -0.39 is 6.17 Å². The van der Waals surface area contributed by atoms with Gasteiger partial charge in [-0.1, -0.05) is 11.3 Å². The molecule has 18 heavy (non-hydrogen) atoms. The fourth-order valence-electron chi connectivity index (χ4n) is 2.20. The zero-order valence-electron chi connectivity index (χ0n) is 10.2. The Morgan fingerprint density at radius 3 is 2.89 bits per heavy atom. The molecule has 0 amide bonds. The highest BCUT2D eigenvalue weighted by Gasteiger charge is 2.20. The summed E-state index contributed by atoms with van der Waals surface area (Å²) in [7, 11) is 1.65. The van der Waals surface area contributed by atoms with Crippen LogP contribution in [0.2, 0.25) is 0 Å². The third-order valence-corrected chi connectivity index (χ3v) is 4.38. The van der Waals surface area contributed by atoms with Crippen LogP contribution in [-0.2, 0) is 0 Å². The van der Waals surface area contributed by atoms with Gasteiger partial charge in [-0.25, -0.2) is 9.37 Å². The highest BCUT2D eigenvalue weighted by molar-refractivity contribution is 7.22. The summed E-state index contributed by atoms with van der Waals surface area (Å²) in [5, 5.41) is 0.991. The SMILES string of the molecule is COc1ccc2sc(N3CCC(F)CC3)nc2c1. The number of alkyl halides is 1. The molecule has 0 aliphatic carbocycles. The smallest absolute Gasteiger partial charge is 0.186 e. The predicted molar refractivity (Wildman–Crippen MR) is 72.5 cm³/mol. The van der Waals surface area contributed by atoms with E-state index in [-0.39, 0.29) is 0 Å². The summed E-state index contributed by atoms with van der Waals surface area (Å²) < 4.78 is 19.5. The lowest BCUT2D eigenvalue weighted by molar-refractivity contribution is 0.277. The lowest BCUT2D eigenvalue weighted by Gasteiger charge is -2.27. The summed E-state index contributed by atoms with van der Waals surface area (Å²) in [6.45, 7) is 1.52. The van der Waals surface area contributed by atoms with Crippen molar-refractivity contribution in [1.82, 2.24) is 4.98 Å². The van der Waals surface area contributed by atoms with Crippen LogP contribution in [-0.4, -0.2) is 31.4 Å². The second kappa shape index (κ2) is 4.72. The highest BCUT2D eigenvalue weighted by atomic mass is 32.1. The second-order valence-corrected chi connectivity index (χ2v) is 5.50. The van der Waals surface area contributed by atoms with E-state index in [1.807, 2.05) is 18.2 Å². The van der Waals surface area contributed by atoms with Gasteiger partial charge in [-0.2, -0.15) is 0 Å². The van der Waals surface area contributed by atoms with Crippen LogP contribution >= 0.6 is 11.3 Å². The molecule has 5 heteroatoms. The van der Waals surface area contributed by atoms with Gasteiger partial charge in [0.2, 0.25) is 0 Å². The monoisotopic (exact) mass is 266 g/mol. The van der Waals surface area contributed by atoms with E-state index >= 15 is 0 Å². The molecule has 1 saturated heterocycles. The van der Waals surface area contributed by atoms with E-state index in [0.717, 1.165) is 34.2 Å². The number of anilines is 1. The van der Waals surface area contributed by atoms with Gasteiger partial charge in [0.05, 0.1) is 17.3 Å². The van der Waals surface area contributed by atoms with Crippen LogP contribution in [0, 0.1) is 0 Å². The first-order valence-electron chi connectivity index (χ1n) is 6.10. The minimum atomic E-state index is -0.643. The molecule has 3 nitrogen and oxygen atoms in total. The molecular formula is C13H15FN2OS. The van der Waals surface area contributed by atoms with Crippen LogP contribution in [0.5, 0.6) is 5.75 Å². The molecule has 2 aromatic rings. The number of benzene rings is 1. The first-order valence-corrected chi connectivity index (χ1v) is 6.91. The average molecular weight is 266 g/mol. The van der Waals surface area contributed by atoms with E-state index in [1.54, 1.807) is 18.4 Å². The van der Waals surface area contributed by atoms with Gasteiger partial charge in [0.1, 0.15) is 11.9 Å². The molecule has 0 saturated carbocycles. The maximum absolute atomic E-state index is 13.1. The molecule has 1 aromatic heterocycles. The van der Waals surface area contributed by atoms with Crippen LogP contribution in [0.3, 0.4) is 0 Å². The van der Waals surface area contributed by atoms with Crippen molar-refractivity contribution in [3.63, 3.8) is 0 Å². The Labute approximate surface area is 109 Å². The average Bonchev–Trinajstić information content (AvgIpc) is 2.82. The number of rotatable bonds is 2. The van der Waals surface area contributed by atoms with Gasteiger partial charge in [0, 0.05) is 19.2 Å². The summed E-state index contributed by atoms with van der Waals surface area (Å²) in [5.41, 5.74) is 0.955. The predicted octanol–water partition coefficient (Wildman–Crippen LogP) is 3.24. The zero-order chi connectivity index (χ0) is 12.5. The summed E-state index contributed by atoms with van der Waals surface area (Å²) >= 11 is 1.66. The number of thiazole rings is 1. The van der Waals surface area contributed by atoms with E-state index in [4.69, 9.17) is 4.74 Å². The van der Waals surface area contributed by atoms with Gasteiger partial charge in [-0.3, -0.25) is 0 Å². The van der Waals surface area contributed by atoms with Crippen LogP contribution in [0.15, 0.2) is 18.2 Å². The van der Waals surface area contributed by atoms with Crippen molar-refractivity contribution in [3.05, 3.63) is 18.2 Å². The number of fused-ring (bicyclic) bond motifs is 1. The van der Waals surface area contributed by atoms with Gasteiger partial charge in [-0.15, -0.1) is 0 Å². The molecule has 0 N–H and O–H groups in total. The number of hydrogen-bond donors (Lipinski definition) is 0. The third-order valence-electron chi connectivity index (χ3n) is 3.28. The van der Waals surface area contributed by atoms with Crippen LogP contribution in [0.25, 0.3) is 10.2 Å². The first-order chi connectivity index (χ1) is 8.76. The summed E-state index contributed by atoms with van der Waals surface area (Å²) in [6.07, 6.45) is 0.578. The maximum atomic E-state index is 13.1. The Morgan fingerprint density at radius 1 is 1.39 bits per heavy atom. The van der Waals surface area contributed by atoms with Crippen molar-refractivity contribution in [1.29, 1.82) is 0 Å². The van der Waals surface area contributed by atoms with E-state index in [9.17, 15) is 4.39 Å². The van der Waals surface area contributed by atoms with E-state index in [0.29, 0.717) is 12.8 Å². The maximum Gasteiger partial charge on any atom is 0.186 e. The van der Waals surface area contributed by atoms with Gasteiger partial charge in [0.15, 0.2) is 5.13 Å². The number of ether oxygens (including phenoxy) is 1. The molecule has 96 valence electrons. The number of piperidine rings is 1. The number of nitrogens with zero attached hydrogens (tertiary/aromatic N) is 2. The van der Waals surface area contributed by atoms with Crippen molar-refractivity contribution >= 4 is 26.7 Å². The Balaban J connectivity index is 1.88. The van der Waals surface area contributed by atoms with Crippen LogP contribution in [0.1, 0.15) is 12.8 Å². The number of halogens is 1. The molecule has 2 heterocycles. The van der Waals surface area contributed by atoms with E-state index in [2.05, 4.69) is 9.88 Å². The van der Waals surface area contributed by atoms with Crippen molar-refractivity contribution in [2.75, 3.05) is 25.1 Å². The molecular weight excluding hydrogens is 251 g/mol. The van der Waals surface area contributed by atoms with Gasteiger partial charge < -0.3 is 9.64 Å². The van der Waals surface area contributed by atoms with Crippen LogP contribution in [0.4, 0.5) is 9.52 Å². The Morgan fingerprint density at radius 2 is 2.17 bits per heavy atom. The number of methoxy groups -OCH3 is 1. The molecule has 1 aliphatic heterocycles. The molecule has 0 spiro atoms. The minimum absolute atomic E-state index is 0.610. The minimum Gasteiger partial charge on any atom is -0.497 e. The molecule has 1 aliphatic rings. The molecule has 1 fully saturated rings. The van der Waals surface area contributed by atoms with Gasteiger partial charge in [0.25, 0.3) is 0 Å². The zero-order valence-corrected chi connectivity index (χ0v) is 11.0. The molecule has 0 bridgehead atoms. The lowest BCUT2D eigenvalue weighted by atomic mass is 10.1. The Kier molecular flexibility index (Phi) is 3.07. The van der Waals surface area contributed by atoms with Crippen molar-refractivity contribution < 1.29 is 9.13 Å². The fraction of sp³-hybridized carbons (Fsp3) is 0.462. The Bertz CT molecular complexity index is 549. The van der Waals surface area contributed by atoms with Crippen LogP contribution < -0.4 is 9.64 Å². The molecule has 3 rings (SSSR count). The topological polar surface area (TPSA) is 25.4 Å². The molecule has 0 unspecified atom stereocenters. The molecule has 1 aromatic carbocycles. The van der Waals surface area contributed by atoms with Crippen molar-refractivity contribution in [2.45, 2.75) is 19.0 Å². The lowest BCUT2D eigenvalue weighted by Crippen LogP contribution is -2.34. The molecule has 0 atom stereocenters. The van der Waals surface area contributed by atoms with E-state index in [1.165, 1.54) is 0 Å². The number of hydrogen-bond acceptors (Lipinski definition) is 4. The highest BCUT2D eigenvalue weighted by Crippen LogP contribution is 2.32. The number of aromatic nitrogens is 1. The molecule has 0 radical (unpaired) electrons. The van der Waals surface area contributed by atoms with Gasteiger partial charge in [-0.05, 0) is 25.0 Å². The van der Waals surface area contributed by atoms with Gasteiger partial charge >= 0.3 is 0 Å². The quantitative estimate of drug-likeness (QED) is 0.834. The third kappa shape index (κ3) is 2.14. The normalized spacial score (nSPS) is 17.3. The summed E-state index contributed by atoms with van der Waals surface area (Å²) in [6, 6.07) is 5.91.